The van der Waals surface area contributed by atoms with E-state index in [0.29, 0.717) is 12.5 Å². The smallest absolute Gasteiger partial charge is 0.0880 e. The Hall–Kier alpha value is -0.458. The van der Waals surface area contributed by atoms with Crippen molar-refractivity contribution in [1.82, 2.24) is 0 Å². The zero-order valence-electron chi connectivity index (χ0n) is 13.5. The van der Waals surface area contributed by atoms with Gasteiger partial charge in [0.05, 0.1) is 12.4 Å². The van der Waals surface area contributed by atoms with E-state index in [1.165, 1.54) is 57.1 Å². The third-order valence-corrected chi connectivity index (χ3v) is 5.54. The quantitative estimate of drug-likeness (QED) is 0.502. The molecule has 0 saturated heterocycles. The molecule has 0 aromatic heterocycles. The number of rotatable bonds is 4. The summed E-state index contributed by atoms with van der Waals surface area (Å²) >= 11 is 0. The summed E-state index contributed by atoms with van der Waals surface area (Å²) in [6.07, 6.45) is 11.9. The SMILES string of the molecule is Fc1[c-]ccc(OCC2CCC(C3CCCCC3)CC2)c1F.[Re]. The molecule has 129 valence electrons. The predicted octanol–water partition coefficient (Wildman–Crippen LogP) is 5.53. The Balaban J connectivity index is 0.00000192. The van der Waals surface area contributed by atoms with Gasteiger partial charge in [0.25, 0.3) is 0 Å². The van der Waals surface area contributed by atoms with Crippen LogP contribution in [0.3, 0.4) is 0 Å². The molecule has 0 atom stereocenters. The molecular weight excluding hydrogens is 468 g/mol. The molecule has 0 amide bonds. The van der Waals surface area contributed by atoms with Crippen molar-refractivity contribution < 1.29 is 33.9 Å². The molecule has 0 unspecified atom stereocenters. The van der Waals surface area contributed by atoms with Crippen LogP contribution < -0.4 is 4.74 Å². The van der Waals surface area contributed by atoms with E-state index < -0.39 is 11.6 Å². The Morgan fingerprint density at radius 3 is 2.30 bits per heavy atom. The van der Waals surface area contributed by atoms with Crippen LogP contribution >= 0.6 is 0 Å². The Morgan fingerprint density at radius 1 is 0.957 bits per heavy atom. The number of halogens is 2. The second-order valence-electron chi connectivity index (χ2n) is 6.96. The van der Waals surface area contributed by atoms with Crippen LogP contribution in [0, 0.1) is 35.5 Å². The van der Waals surface area contributed by atoms with Gasteiger partial charge in [-0.3, -0.25) is 4.39 Å². The minimum atomic E-state index is -0.960. The molecule has 1 radical (unpaired) electrons. The fourth-order valence-electron chi connectivity index (χ4n) is 4.19. The van der Waals surface area contributed by atoms with E-state index in [-0.39, 0.29) is 26.2 Å². The molecule has 2 aliphatic rings. The summed E-state index contributed by atoms with van der Waals surface area (Å²) < 4.78 is 32.1. The van der Waals surface area contributed by atoms with Gasteiger partial charge in [-0.15, -0.1) is 12.1 Å². The molecule has 2 fully saturated rings. The van der Waals surface area contributed by atoms with Crippen LogP contribution in [0.4, 0.5) is 8.78 Å². The first-order valence-corrected chi connectivity index (χ1v) is 8.72. The maximum atomic E-state index is 13.5. The Bertz CT molecular complexity index is 480. The van der Waals surface area contributed by atoms with Gasteiger partial charge in [-0.25, -0.2) is 4.39 Å². The summed E-state index contributed by atoms with van der Waals surface area (Å²) in [5, 5.41) is 0. The molecule has 3 rings (SSSR count). The molecule has 0 N–H and O–H groups in total. The van der Waals surface area contributed by atoms with Gasteiger partial charge in [-0.1, -0.05) is 32.1 Å². The molecule has 0 heterocycles. The molecule has 0 bridgehead atoms. The minimum Gasteiger partial charge on any atom is -0.516 e. The zero-order valence-corrected chi connectivity index (χ0v) is 16.2. The summed E-state index contributed by atoms with van der Waals surface area (Å²) in [5.74, 6) is 0.443. The van der Waals surface area contributed by atoms with Crippen LogP contribution in [0.1, 0.15) is 57.8 Å². The van der Waals surface area contributed by atoms with E-state index in [2.05, 4.69) is 6.07 Å². The van der Waals surface area contributed by atoms with Crippen LogP contribution in [0.15, 0.2) is 12.1 Å². The predicted molar refractivity (Wildman–Crippen MR) is 82.7 cm³/mol. The molecule has 2 aliphatic carbocycles. The van der Waals surface area contributed by atoms with Gasteiger partial charge in [-0.05, 0) is 43.4 Å². The van der Waals surface area contributed by atoms with Gasteiger partial charge in [0.2, 0.25) is 0 Å². The van der Waals surface area contributed by atoms with E-state index in [0.717, 1.165) is 24.7 Å². The standard InChI is InChI=1S/C19H25F2O.Re/c20-17-7-4-8-18(19(17)21)22-13-14-9-11-16(12-10-14)15-5-2-1-3-6-15;/h4,8,14-16H,1-3,5-6,9-13H2;/q-1;. The van der Waals surface area contributed by atoms with Crippen molar-refractivity contribution >= 4 is 0 Å². The van der Waals surface area contributed by atoms with Crippen molar-refractivity contribution in [2.24, 2.45) is 17.8 Å². The first-order chi connectivity index (χ1) is 10.7. The summed E-state index contributed by atoms with van der Waals surface area (Å²) in [5.41, 5.74) is 0. The Morgan fingerprint density at radius 2 is 1.61 bits per heavy atom. The fourth-order valence-corrected chi connectivity index (χ4v) is 4.19. The summed E-state index contributed by atoms with van der Waals surface area (Å²) in [6, 6.07) is 5.02. The maximum Gasteiger partial charge on any atom is 0.0880 e. The topological polar surface area (TPSA) is 9.23 Å². The normalized spacial score (nSPS) is 25.7. The molecule has 23 heavy (non-hydrogen) atoms. The fraction of sp³-hybridized carbons (Fsp3) is 0.684. The van der Waals surface area contributed by atoms with Gasteiger partial charge in [0.1, 0.15) is 0 Å². The van der Waals surface area contributed by atoms with Crippen LogP contribution in [0.25, 0.3) is 0 Å². The van der Waals surface area contributed by atoms with E-state index in [4.69, 9.17) is 4.74 Å². The van der Waals surface area contributed by atoms with Crippen molar-refractivity contribution in [1.29, 1.82) is 0 Å². The minimum absolute atomic E-state index is 0. The van der Waals surface area contributed by atoms with Crippen molar-refractivity contribution in [2.75, 3.05) is 6.61 Å². The van der Waals surface area contributed by atoms with Crippen molar-refractivity contribution in [3.05, 3.63) is 29.8 Å². The van der Waals surface area contributed by atoms with Crippen LogP contribution in [0.5, 0.6) is 5.75 Å². The van der Waals surface area contributed by atoms with Crippen LogP contribution in [-0.2, 0) is 20.4 Å². The van der Waals surface area contributed by atoms with Crippen LogP contribution in [-0.4, -0.2) is 6.61 Å². The molecule has 2 saturated carbocycles. The van der Waals surface area contributed by atoms with E-state index in [1.54, 1.807) is 0 Å². The summed E-state index contributed by atoms with van der Waals surface area (Å²) in [4.78, 5) is 0. The van der Waals surface area contributed by atoms with Crippen molar-refractivity contribution in [3.8, 4) is 5.75 Å². The van der Waals surface area contributed by atoms with Gasteiger partial charge in [0.15, 0.2) is 0 Å². The summed E-state index contributed by atoms with van der Waals surface area (Å²) in [7, 11) is 0. The third-order valence-electron chi connectivity index (χ3n) is 5.54. The number of hydrogen-bond acceptors (Lipinski definition) is 1. The number of ether oxygens (including phenoxy) is 1. The van der Waals surface area contributed by atoms with Crippen molar-refractivity contribution in [2.45, 2.75) is 57.8 Å². The van der Waals surface area contributed by atoms with Gasteiger partial charge < -0.3 is 4.74 Å². The Kier molecular flexibility index (Phi) is 7.50. The first-order valence-electron chi connectivity index (χ1n) is 8.72. The second kappa shape index (κ2) is 9.14. The molecule has 1 aromatic rings. The van der Waals surface area contributed by atoms with Gasteiger partial charge in [-0.2, -0.15) is 6.07 Å². The Labute approximate surface area is 151 Å². The second-order valence-corrected chi connectivity index (χ2v) is 6.96. The molecule has 0 spiro atoms. The molecular formula is C19H25F2ORe-. The van der Waals surface area contributed by atoms with Crippen LogP contribution in [0.2, 0.25) is 0 Å². The number of hydrogen-bond donors (Lipinski definition) is 0. The molecule has 4 heteroatoms. The third kappa shape index (κ3) is 5.01. The van der Waals surface area contributed by atoms with E-state index in [9.17, 15) is 8.78 Å². The monoisotopic (exact) mass is 494 g/mol. The van der Waals surface area contributed by atoms with Gasteiger partial charge >= 0.3 is 0 Å². The largest absolute Gasteiger partial charge is 0.516 e. The first kappa shape index (κ1) is 18.9. The average molecular weight is 494 g/mol. The van der Waals surface area contributed by atoms with Crippen molar-refractivity contribution in [3.63, 3.8) is 0 Å². The average Bonchev–Trinajstić information content (AvgIpc) is 2.57. The maximum absolute atomic E-state index is 13.5. The van der Waals surface area contributed by atoms with E-state index >= 15 is 0 Å². The molecule has 1 aromatic carbocycles. The summed E-state index contributed by atoms with van der Waals surface area (Å²) in [6.45, 7) is 0.498. The molecule has 1 nitrogen and oxygen atoms in total. The molecule has 0 aliphatic heterocycles. The zero-order chi connectivity index (χ0) is 15.4. The van der Waals surface area contributed by atoms with E-state index in [1.807, 2.05) is 0 Å². The number of benzene rings is 1. The van der Waals surface area contributed by atoms with Gasteiger partial charge in [0, 0.05) is 32.0 Å².